The molecular weight excluding hydrogens is 327 g/mol. The lowest BCUT2D eigenvalue weighted by Gasteiger charge is -2.32. The highest BCUT2D eigenvalue weighted by Gasteiger charge is 2.22. The molecule has 1 aliphatic heterocycles. The number of nitrogens with zero attached hydrogens (tertiary/aromatic N) is 1. The van der Waals surface area contributed by atoms with Gasteiger partial charge in [0, 0.05) is 24.4 Å². The Kier molecular flexibility index (Phi) is 8.64. The Morgan fingerprint density at radius 2 is 2.14 bits per heavy atom. The fraction of sp³-hybridized carbons (Fsp3) is 0.667. The average Bonchev–Trinajstić information content (AvgIpc) is 2.89. The number of piperidine rings is 1. The maximum Gasteiger partial charge on any atom is 0.222 e. The molecule has 0 unspecified atom stereocenters. The molecule has 1 N–H and O–H groups in total. The second-order valence-electron chi connectivity index (χ2n) is 5.34. The lowest BCUT2D eigenvalue weighted by Crippen LogP contribution is -2.40. The van der Waals surface area contributed by atoms with E-state index in [1.165, 1.54) is 4.88 Å². The van der Waals surface area contributed by atoms with Crippen molar-refractivity contribution in [1.82, 2.24) is 10.2 Å². The molecule has 6 heteroatoms. The maximum atomic E-state index is 12.2. The quantitative estimate of drug-likeness (QED) is 0.849. The normalized spacial score (nSPS) is 15.8. The third kappa shape index (κ3) is 6.15. The number of nitrogens with one attached hydrogen (secondary N) is 1. The third-order valence-corrected chi connectivity index (χ3v) is 5.16. The van der Waals surface area contributed by atoms with Gasteiger partial charge in [0.2, 0.25) is 5.91 Å². The van der Waals surface area contributed by atoms with Gasteiger partial charge >= 0.3 is 0 Å². The molecule has 1 aromatic rings. The van der Waals surface area contributed by atoms with Gasteiger partial charge in [0.15, 0.2) is 0 Å². The van der Waals surface area contributed by atoms with Crippen LogP contribution in [-0.4, -0.2) is 37.0 Å². The van der Waals surface area contributed by atoms with Crippen LogP contribution in [0.5, 0.6) is 0 Å². The van der Waals surface area contributed by atoms with E-state index in [1.54, 1.807) is 11.3 Å². The van der Waals surface area contributed by atoms with Crippen LogP contribution in [0.3, 0.4) is 0 Å². The number of carbonyl (C=O) groups is 1. The zero-order valence-corrected chi connectivity index (χ0v) is 14.8. The van der Waals surface area contributed by atoms with Crippen molar-refractivity contribution in [2.24, 2.45) is 5.92 Å². The van der Waals surface area contributed by atoms with E-state index in [0.29, 0.717) is 6.42 Å². The zero-order valence-electron chi connectivity index (χ0n) is 12.4. The van der Waals surface area contributed by atoms with Gasteiger partial charge in [-0.3, -0.25) is 4.79 Å². The Morgan fingerprint density at radius 1 is 1.43 bits per heavy atom. The summed E-state index contributed by atoms with van der Waals surface area (Å²) >= 11 is 7.47. The smallest absolute Gasteiger partial charge is 0.222 e. The molecule has 0 bridgehead atoms. The van der Waals surface area contributed by atoms with Crippen LogP contribution in [0.1, 0.15) is 31.1 Å². The number of likely N-dealkylation sites (tertiary alicyclic amines) is 1. The number of amides is 1. The Balaban J connectivity index is 0.00000220. The van der Waals surface area contributed by atoms with Gasteiger partial charge in [0.1, 0.15) is 0 Å². The van der Waals surface area contributed by atoms with Crippen LogP contribution in [0.25, 0.3) is 0 Å². The molecule has 120 valence electrons. The Bertz CT molecular complexity index is 431. The third-order valence-electron chi connectivity index (χ3n) is 3.86. The molecule has 21 heavy (non-hydrogen) atoms. The van der Waals surface area contributed by atoms with Crippen molar-refractivity contribution < 1.29 is 4.79 Å². The topological polar surface area (TPSA) is 32.3 Å². The minimum atomic E-state index is 0. The van der Waals surface area contributed by atoms with Gasteiger partial charge in [-0.1, -0.05) is 18.5 Å². The molecule has 0 saturated carbocycles. The van der Waals surface area contributed by atoms with Gasteiger partial charge in [-0.25, -0.2) is 0 Å². The van der Waals surface area contributed by atoms with E-state index >= 15 is 0 Å². The van der Waals surface area contributed by atoms with Crippen LogP contribution in [0.15, 0.2) is 12.1 Å². The van der Waals surface area contributed by atoms with Crippen molar-refractivity contribution in [3.8, 4) is 0 Å². The monoisotopic (exact) mass is 350 g/mol. The highest BCUT2D eigenvalue weighted by molar-refractivity contribution is 7.16. The van der Waals surface area contributed by atoms with Crippen LogP contribution >= 0.6 is 35.3 Å². The predicted octanol–water partition coefficient (Wildman–Crippen LogP) is 3.60. The second kappa shape index (κ2) is 9.67. The molecular formula is C15H24Cl2N2OS. The number of hydrogen-bond donors (Lipinski definition) is 1. The average molecular weight is 351 g/mol. The number of thiophene rings is 1. The summed E-state index contributed by atoms with van der Waals surface area (Å²) in [5.74, 6) is 1.02. The predicted molar refractivity (Wildman–Crippen MR) is 92.7 cm³/mol. The molecule has 2 heterocycles. The maximum absolute atomic E-state index is 12.2. The zero-order chi connectivity index (χ0) is 14.4. The Hall–Kier alpha value is -0.290. The summed E-state index contributed by atoms with van der Waals surface area (Å²) in [6.45, 7) is 6.09. The summed E-state index contributed by atoms with van der Waals surface area (Å²) in [6, 6.07) is 3.92. The molecule has 1 saturated heterocycles. The van der Waals surface area contributed by atoms with Crippen LogP contribution in [-0.2, 0) is 11.2 Å². The number of hydrogen-bond acceptors (Lipinski definition) is 3. The highest BCUT2D eigenvalue weighted by Crippen LogP contribution is 2.23. The summed E-state index contributed by atoms with van der Waals surface area (Å²) in [6.07, 6.45) is 3.68. The van der Waals surface area contributed by atoms with Crippen molar-refractivity contribution in [3.63, 3.8) is 0 Å². The van der Waals surface area contributed by atoms with Gasteiger partial charge in [-0.05, 0) is 50.4 Å². The van der Waals surface area contributed by atoms with Crippen molar-refractivity contribution in [1.29, 1.82) is 0 Å². The van der Waals surface area contributed by atoms with Crippen molar-refractivity contribution in [3.05, 3.63) is 21.3 Å². The minimum absolute atomic E-state index is 0. The first kappa shape index (κ1) is 18.8. The summed E-state index contributed by atoms with van der Waals surface area (Å²) in [7, 11) is 0. The minimum Gasteiger partial charge on any atom is -0.343 e. The van der Waals surface area contributed by atoms with Crippen LogP contribution in [0, 0.1) is 5.92 Å². The molecule has 0 spiro atoms. The summed E-state index contributed by atoms with van der Waals surface area (Å²) in [4.78, 5) is 15.4. The number of halogens is 2. The Labute approximate surface area is 142 Å². The van der Waals surface area contributed by atoms with E-state index in [-0.39, 0.29) is 18.3 Å². The summed E-state index contributed by atoms with van der Waals surface area (Å²) in [5.41, 5.74) is 0. The molecule has 1 aromatic heterocycles. The van der Waals surface area contributed by atoms with Crippen LogP contribution in [0.2, 0.25) is 4.34 Å². The molecule has 1 fully saturated rings. The lowest BCUT2D eigenvalue weighted by atomic mass is 9.96. The van der Waals surface area contributed by atoms with E-state index in [2.05, 4.69) is 12.2 Å². The molecule has 0 atom stereocenters. The van der Waals surface area contributed by atoms with Gasteiger partial charge in [-0.15, -0.1) is 23.7 Å². The van der Waals surface area contributed by atoms with Gasteiger partial charge in [-0.2, -0.15) is 0 Å². The molecule has 1 aliphatic rings. The SMILES string of the molecule is CCNCC1CCN(C(=O)CCc2ccc(Cl)s2)CC1.Cl. The molecule has 0 radical (unpaired) electrons. The summed E-state index contributed by atoms with van der Waals surface area (Å²) < 4.78 is 0.802. The first-order valence-corrected chi connectivity index (χ1v) is 8.61. The highest BCUT2D eigenvalue weighted by atomic mass is 35.5. The molecule has 1 amide bonds. The fourth-order valence-corrected chi connectivity index (χ4v) is 3.70. The fourth-order valence-electron chi connectivity index (χ4n) is 2.61. The Morgan fingerprint density at radius 3 is 2.71 bits per heavy atom. The lowest BCUT2D eigenvalue weighted by molar-refractivity contribution is -0.132. The largest absolute Gasteiger partial charge is 0.343 e. The van der Waals surface area contributed by atoms with Crippen molar-refractivity contribution in [2.75, 3.05) is 26.2 Å². The first-order chi connectivity index (χ1) is 9.69. The van der Waals surface area contributed by atoms with Crippen molar-refractivity contribution in [2.45, 2.75) is 32.6 Å². The van der Waals surface area contributed by atoms with Gasteiger partial charge in [0.05, 0.1) is 4.34 Å². The van der Waals surface area contributed by atoms with Gasteiger partial charge < -0.3 is 10.2 Å². The van der Waals surface area contributed by atoms with Gasteiger partial charge in [0.25, 0.3) is 0 Å². The molecule has 3 nitrogen and oxygen atoms in total. The molecule has 0 aromatic carbocycles. The van der Waals surface area contributed by atoms with E-state index in [0.717, 1.165) is 55.7 Å². The number of rotatable bonds is 6. The van der Waals surface area contributed by atoms with E-state index < -0.39 is 0 Å². The second-order valence-corrected chi connectivity index (χ2v) is 7.14. The number of carbonyl (C=O) groups excluding carboxylic acids is 1. The van der Waals surface area contributed by atoms with E-state index in [9.17, 15) is 4.79 Å². The summed E-state index contributed by atoms with van der Waals surface area (Å²) in [5, 5.41) is 3.40. The molecule has 0 aliphatic carbocycles. The van der Waals surface area contributed by atoms with Crippen molar-refractivity contribution >= 4 is 41.3 Å². The van der Waals surface area contributed by atoms with E-state index in [1.807, 2.05) is 17.0 Å². The first-order valence-electron chi connectivity index (χ1n) is 7.41. The van der Waals surface area contributed by atoms with Crippen LogP contribution in [0.4, 0.5) is 0 Å². The standard InChI is InChI=1S/C15H23ClN2OS.ClH/c1-2-17-11-12-7-9-18(10-8-12)15(19)6-4-13-3-5-14(16)20-13;/h3,5,12,17H,2,4,6-11H2,1H3;1H. The number of aryl methyl sites for hydroxylation is 1. The van der Waals surface area contributed by atoms with E-state index in [4.69, 9.17) is 11.6 Å². The van der Waals surface area contributed by atoms with Crippen LogP contribution < -0.4 is 5.32 Å². The molecule has 2 rings (SSSR count).